The van der Waals surface area contributed by atoms with Crippen molar-refractivity contribution in [1.29, 1.82) is 0 Å². The van der Waals surface area contributed by atoms with Gasteiger partial charge in [0.25, 0.3) is 5.79 Å². The predicted molar refractivity (Wildman–Crippen MR) is 88.9 cm³/mol. The van der Waals surface area contributed by atoms with Crippen molar-refractivity contribution in [3.63, 3.8) is 0 Å². The number of carbonyl (C=O) groups excluding carboxylic acids is 1. The van der Waals surface area contributed by atoms with Gasteiger partial charge in [0.05, 0.1) is 19.3 Å². The molecule has 136 valence electrons. The molecule has 1 saturated heterocycles. The molecule has 1 saturated carbocycles. The van der Waals surface area contributed by atoms with Crippen molar-refractivity contribution in [2.75, 3.05) is 13.2 Å². The first-order chi connectivity index (χ1) is 11.5. The monoisotopic (exact) mass is 338 g/mol. The Morgan fingerprint density at radius 3 is 2.67 bits per heavy atom. The summed E-state index contributed by atoms with van der Waals surface area (Å²) < 4.78 is 22.9. The number of carbonyl (C=O) groups is 1. The standard InChI is InChI=1S/C19H30O5/c1-13(2)15-8-7-14(3)19(12-15)23-16(11-17(20)24-19)5-4-6-18-21-9-10-22-18/h11,13-15,18H,4-10,12H2,1-3H3/t14-,15-,19-/m1/s1. The quantitative estimate of drug-likeness (QED) is 0.714. The molecule has 2 heterocycles. The van der Waals surface area contributed by atoms with E-state index >= 15 is 0 Å². The summed E-state index contributed by atoms with van der Waals surface area (Å²) in [6.45, 7) is 7.95. The smallest absolute Gasteiger partial charge is 0.337 e. The predicted octanol–water partition coefficient (Wildman–Crippen LogP) is 3.78. The molecule has 0 N–H and O–H groups in total. The van der Waals surface area contributed by atoms with E-state index in [1.165, 1.54) is 12.5 Å². The van der Waals surface area contributed by atoms with Crippen LogP contribution in [0, 0.1) is 17.8 Å². The molecule has 3 aliphatic rings. The van der Waals surface area contributed by atoms with Crippen LogP contribution < -0.4 is 0 Å². The summed E-state index contributed by atoms with van der Waals surface area (Å²) in [5.41, 5.74) is 0. The van der Waals surface area contributed by atoms with Crippen molar-refractivity contribution in [2.45, 2.75) is 71.4 Å². The van der Waals surface area contributed by atoms with E-state index in [0.717, 1.165) is 37.9 Å². The molecule has 2 aliphatic heterocycles. The largest absolute Gasteiger partial charge is 0.456 e. The normalized spacial score (nSPS) is 34.3. The molecule has 24 heavy (non-hydrogen) atoms. The maximum Gasteiger partial charge on any atom is 0.337 e. The van der Waals surface area contributed by atoms with Gasteiger partial charge in [0.1, 0.15) is 5.76 Å². The minimum atomic E-state index is -0.769. The molecular formula is C19H30O5. The number of hydrogen-bond acceptors (Lipinski definition) is 5. The molecule has 0 amide bonds. The van der Waals surface area contributed by atoms with Gasteiger partial charge < -0.3 is 18.9 Å². The van der Waals surface area contributed by atoms with E-state index in [1.54, 1.807) is 0 Å². The Morgan fingerprint density at radius 2 is 1.96 bits per heavy atom. The van der Waals surface area contributed by atoms with E-state index in [4.69, 9.17) is 18.9 Å². The van der Waals surface area contributed by atoms with Gasteiger partial charge in [-0.05, 0) is 37.5 Å². The molecule has 0 aromatic carbocycles. The fourth-order valence-corrected chi connectivity index (χ4v) is 3.95. The van der Waals surface area contributed by atoms with E-state index in [0.29, 0.717) is 25.0 Å². The van der Waals surface area contributed by atoms with Crippen molar-refractivity contribution in [3.05, 3.63) is 11.8 Å². The van der Waals surface area contributed by atoms with E-state index in [-0.39, 0.29) is 18.2 Å². The lowest BCUT2D eigenvalue weighted by molar-refractivity contribution is -0.262. The summed E-state index contributed by atoms with van der Waals surface area (Å²) in [7, 11) is 0. The molecule has 0 radical (unpaired) electrons. The highest BCUT2D eigenvalue weighted by molar-refractivity contribution is 5.83. The van der Waals surface area contributed by atoms with Crippen molar-refractivity contribution >= 4 is 5.97 Å². The first-order valence-corrected chi connectivity index (χ1v) is 9.34. The fraction of sp³-hybridized carbons (Fsp3) is 0.842. The van der Waals surface area contributed by atoms with Gasteiger partial charge in [0, 0.05) is 18.8 Å². The lowest BCUT2D eigenvalue weighted by atomic mass is 9.73. The zero-order valence-electron chi connectivity index (χ0n) is 15.1. The van der Waals surface area contributed by atoms with Gasteiger partial charge in [-0.25, -0.2) is 4.79 Å². The minimum absolute atomic E-state index is 0.103. The zero-order valence-corrected chi connectivity index (χ0v) is 15.1. The summed E-state index contributed by atoms with van der Waals surface area (Å²) in [6, 6.07) is 0. The molecule has 2 fully saturated rings. The second-order valence-corrected chi connectivity index (χ2v) is 7.70. The van der Waals surface area contributed by atoms with Crippen LogP contribution in [-0.4, -0.2) is 31.3 Å². The van der Waals surface area contributed by atoms with Crippen LogP contribution in [0.2, 0.25) is 0 Å². The van der Waals surface area contributed by atoms with E-state index < -0.39 is 5.79 Å². The maximum atomic E-state index is 12.2. The Bertz CT molecular complexity index is 480. The van der Waals surface area contributed by atoms with Crippen molar-refractivity contribution in [1.82, 2.24) is 0 Å². The molecule has 0 aromatic heterocycles. The average Bonchev–Trinajstić information content (AvgIpc) is 3.03. The molecule has 5 heteroatoms. The third-order valence-corrected chi connectivity index (χ3v) is 5.62. The summed E-state index contributed by atoms with van der Waals surface area (Å²) in [5.74, 6) is 1.05. The van der Waals surface area contributed by atoms with Gasteiger partial charge in [-0.1, -0.05) is 20.8 Å². The average molecular weight is 338 g/mol. The van der Waals surface area contributed by atoms with Crippen LogP contribution in [-0.2, 0) is 23.7 Å². The Balaban J connectivity index is 1.61. The van der Waals surface area contributed by atoms with E-state index in [9.17, 15) is 4.79 Å². The number of hydrogen-bond donors (Lipinski definition) is 0. The molecule has 0 bridgehead atoms. The van der Waals surface area contributed by atoms with E-state index in [2.05, 4.69) is 20.8 Å². The number of ether oxygens (including phenoxy) is 4. The second kappa shape index (κ2) is 7.44. The van der Waals surface area contributed by atoms with Gasteiger partial charge in [-0.15, -0.1) is 0 Å². The van der Waals surface area contributed by atoms with Gasteiger partial charge in [0.15, 0.2) is 6.29 Å². The molecule has 1 spiro atoms. The fourth-order valence-electron chi connectivity index (χ4n) is 3.95. The molecule has 0 unspecified atom stereocenters. The Kier molecular flexibility index (Phi) is 5.50. The minimum Gasteiger partial charge on any atom is -0.456 e. The highest BCUT2D eigenvalue weighted by Crippen LogP contribution is 2.46. The molecule has 1 aliphatic carbocycles. The lowest BCUT2D eigenvalue weighted by Crippen LogP contribution is -2.50. The van der Waals surface area contributed by atoms with Crippen LogP contribution in [0.1, 0.15) is 59.3 Å². The van der Waals surface area contributed by atoms with Crippen LogP contribution in [0.25, 0.3) is 0 Å². The summed E-state index contributed by atoms with van der Waals surface area (Å²) >= 11 is 0. The molecular weight excluding hydrogens is 308 g/mol. The van der Waals surface area contributed by atoms with Crippen LogP contribution in [0.15, 0.2) is 11.8 Å². The van der Waals surface area contributed by atoms with Gasteiger partial charge in [0.2, 0.25) is 0 Å². The third kappa shape index (κ3) is 3.94. The maximum absolute atomic E-state index is 12.2. The number of allylic oxidation sites excluding steroid dienone is 1. The van der Waals surface area contributed by atoms with E-state index in [1.807, 2.05) is 0 Å². The van der Waals surface area contributed by atoms with Crippen LogP contribution in [0.5, 0.6) is 0 Å². The molecule has 0 aromatic rings. The summed E-state index contributed by atoms with van der Waals surface area (Å²) in [6.07, 6.45) is 6.84. The summed E-state index contributed by atoms with van der Waals surface area (Å²) in [5, 5.41) is 0. The number of esters is 1. The van der Waals surface area contributed by atoms with Crippen molar-refractivity contribution in [3.8, 4) is 0 Å². The molecule has 3 rings (SSSR count). The van der Waals surface area contributed by atoms with Crippen molar-refractivity contribution < 1.29 is 23.7 Å². The first kappa shape index (κ1) is 17.7. The zero-order chi connectivity index (χ0) is 17.2. The van der Waals surface area contributed by atoms with Gasteiger partial charge in [-0.2, -0.15) is 0 Å². The lowest BCUT2D eigenvalue weighted by Gasteiger charge is -2.47. The van der Waals surface area contributed by atoms with Crippen LogP contribution >= 0.6 is 0 Å². The highest BCUT2D eigenvalue weighted by Gasteiger charge is 2.49. The van der Waals surface area contributed by atoms with Gasteiger partial charge in [-0.3, -0.25) is 0 Å². The number of rotatable bonds is 5. The Labute approximate surface area is 144 Å². The Morgan fingerprint density at radius 1 is 1.21 bits per heavy atom. The molecule has 5 nitrogen and oxygen atoms in total. The van der Waals surface area contributed by atoms with Gasteiger partial charge >= 0.3 is 5.97 Å². The topological polar surface area (TPSA) is 54.0 Å². The second-order valence-electron chi connectivity index (χ2n) is 7.70. The molecule has 3 atom stereocenters. The Hall–Kier alpha value is -1.07. The third-order valence-electron chi connectivity index (χ3n) is 5.62. The van der Waals surface area contributed by atoms with Crippen LogP contribution in [0.4, 0.5) is 0 Å². The van der Waals surface area contributed by atoms with Crippen molar-refractivity contribution in [2.24, 2.45) is 17.8 Å². The first-order valence-electron chi connectivity index (χ1n) is 9.34. The SMILES string of the molecule is CC(C)[C@@H]1CC[C@@H](C)[C@@]2(C1)OC(=O)C=C(CCCC1OCCO1)O2. The van der Waals surface area contributed by atoms with Crippen LogP contribution in [0.3, 0.4) is 0 Å². The highest BCUT2D eigenvalue weighted by atomic mass is 16.7. The summed E-state index contributed by atoms with van der Waals surface area (Å²) in [4.78, 5) is 12.2.